The van der Waals surface area contributed by atoms with E-state index in [1.807, 2.05) is 12.3 Å². The molecule has 122 valence electrons. The SMILES string of the molecule is CCc1[nH]c(=O)ccc1C(=O)NCc1csc(N2CCCC2)n1. The summed E-state index contributed by atoms with van der Waals surface area (Å²) in [5, 5.41) is 5.90. The number of carbonyl (C=O) groups is 1. The highest BCUT2D eigenvalue weighted by atomic mass is 32.1. The Kier molecular flexibility index (Phi) is 4.76. The van der Waals surface area contributed by atoms with Crippen LogP contribution < -0.4 is 15.8 Å². The van der Waals surface area contributed by atoms with Crippen molar-refractivity contribution in [3.63, 3.8) is 0 Å². The summed E-state index contributed by atoms with van der Waals surface area (Å²) < 4.78 is 0. The fourth-order valence-corrected chi connectivity index (χ4v) is 3.59. The van der Waals surface area contributed by atoms with E-state index in [1.165, 1.54) is 18.9 Å². The lowest BCUT2D eigenvalue weighted by atomic mass is 10.1. The van der Waals surface area contributed by atoms with Crippen molar-refractivity contribution < 1.29 is 4.79 Å². The first-order chi connectivity index (χ1) is 11.2. The zero-order valence-corrected chi connectivity index (χ0v) is 13.9. The molecule has 0 atom stereocenters. The number of H-pyrrole nitrogens is 1. The first-order valence-electron chi connectivity index (χ1n) is 7.87. The Hall–Kier alpha value is -2.15. The molecule has 3 heterocycles. The molecule has 1 fully saturated rings. The summed E-state index contributed by atoms with van der Waals surface area (Å²) in [6.07, 6.45) is 3.05. The van der Waals surface area contributed by atoms with Crippen LogP contribution in [0, 0.1) is 0 Å². The number of thiazole rings is 1. The van der Waals surface area contributed by atoms with Gasteiger partial charge in [0.2, 0.25) is 5.56 Å². The molecule has 2 N–H and O–H groups in total. The van der Waals surface area contributed by atoms with Gasteiger partial charge in [-0.15, -0.1) is 11.3 Å². The second-order valence-electron chi connectivity index (χ2n) is 5.57. The van der Waals surface area contributed by atoms with E-state index in [0.717, 1.165) is 23.9 Å². The third kappa shape index (κ3) is 3.61. The Bertz CT molecular complexity index is 747. The van der Waals surface area contributed by atoms with E-state index < -0.39 is 0 Å². The number of aryl methyl sites for hydroxylation is 1. The molecular formula is C16H20N4O2S. The van der Waals surface area contributed by atoms with Gasteiger partial charge >= 0.3 is 0 Å². The van der Waals surface area contributed by atoms with Crippen molar-refractivity contribution in [1.29, 1.82) is 0 Å². The molecule has 6 nitrogen and oxygen atoms in total. The molecule has 23 heavy (non-hydrogen) atoms. The molecule has 3 rings (SSSR count). The molecule has 0 aromatic carbocycles. The van der Waals surface area contributed by atoms with E-state index in [0.29, 0.717) is 24.2 Å². The van der Waals surface area contributed by atoms with Gasteiger partial charge in [-0.25, -0.2) is 4.98 Å². The molecule has 1 aliphatic heterocycles. The van der Waals surface area contributed by atoms with Crippen molar-refractivity contribution in [2.45, 2.75) is 32.7 Å². The summed E-state index contributed by atoms with van der Waals surface area (Å²) in [5.74, 6) is -0.186. The lowest BCUT2D eigenvalue weighted by molar-refractivity contribution is 0.0949. The number of anilines is 1. The quantitative estimate of drug-likeness (QED) is 0.877. The van der Waals surface area contributed by atoms with Gasteiger partial charge in [-0.3, -0.25) is 9.59 Å². The molecule has 0 saturated carbocycles. The molecule has 2 aromatic heterocycles. The monoisotopic (exact) mass is 332 g/mol. The summed E-state index contributed by atoms with van der Waals surface area (Å²) in [4.78, 5) is 33.2. The number of aromatic nitrogens is 2. The summed E-state index contributed by atoms with van der Waals surface area (Å²) in [7, 11) is 0. The van der Waals surface area contributed by atoms with Crippen LogP contribution in [0.25, 0.3) is 0 Å². The zero-order chi connectivity index (χ0) is 16.2. The fourth-order valence-electron chi connectivity index (χ4n) is 2.71. The molecule has 0 unspecified atom stereocenters. The highest BCUT2D eigenvalue weighted by molar-refractivity contribution is 7.13. The van der Waals surface area contributed by atoms with Crippen molar-refractivity contribution in [2.24, 2.45) is 0 Å². The second-order valence-corrected chi connectivity index (χ2v) is 6.40. The number of carbonyl (C=O) groups excluding carboxylic acids is 1. The Morgan fingerprint density at radius 3 is 2.91 bits per heavy atom. The van der Waals surface area contributed by atoms with E-state index in [2.05, 4.69) is 20.2 Å². The second kappa shape index (κ2) is 6.95. The maximum atomic E-state index is 12.3. The summed E-state index contributed by atoms with van der Waals surface area (Å²) >= 11 is 1.62. The van der Waals surface area contributed by atoms with Crippen LogP contribution in [-0.4, -0.2) is 29.0 Å². The number of amides is 1. The molecule has 0 spiro atoms. The van der Waals surface area contributed by atoms with Gasteiger partial charge < -0.3 is 15.2 Å². The number of rotatable bonds is 5. The fraction of sp³-hybridized carbons (Fsp3) is 0.438. The minimum Gasteiger partial charge on any atom is -0.348 e. The third-order valence-corrected chi connectivity index (χ3v) is 4.90. The third-order valence-electron chi connectivity index (χ3n) is 3.95. The van der Waals surface area contributed by atoms with Crippen LogP contribution in [-0.2, 0) is 13.0 Å². The predicted octanol–water partition coefficient (Wildman–Crippen LogP) is 1.92. The maximum absolute atomic E-state index is 12.3. The van der Waals surface area contributed by atoms with Crippen molar-refractivity contribution in [1.82, 2.24) is 15.3 Å². The lowest BCUT2D eigenvalue weighted by Gasteiger charge is -2.12. The van der Waals surface area contributed by atoms with Gasteiger partial charge in [0.25, 0.3) is 5.91 Å². The molecule has 1 aliphatic rings. The highest BCUT2D eigenvalue weighted by Gasteiger charge is 2.16. The molecular weight excluding hydrogens is 312 g/mol. The normalized spacial score (nSPS) is 14.2. The highest BCUT2D eigenvalue weighted by Crippen LogP contribution is 2.24. The van der Waals surface area contributed by atoms with E-state index >= 15 is 0 Å². The molecule has 2 aromatic rings. The number of nitrogens with one attached hydrogen (secondary N) is 2. The van der Waals surface area contributed by atoms with Gasteiger partial charge in [0.05, 0.1) is 17.8 Å². The molecule has 7 heteroatoms. The Morgan fingerprint density at radius 2 is 2.17 bits per heavy atom. The first-order valence-corrected chi connectivity index (χ1v) is 8.75. The van der Waals surface area contributed by atoms with Crippen LogP contribution in [0.1, 0.15) is 41.5 Å². The van der Waals surface area contributed by atoms with Gasteiger partial charge in [0, 0.05) is 30.2 Å². The van der Waals surface area contributed by atoms with Gasteiger partial charge in [0.1, 0.15) is 0 Å². The molecule has 0 bridgehead atoms. The van der Waals surface area contributed by atoms with Gasteiger partial charge in [-0.2, -0.15) is 0 Å². The minimum absolute atomic E-state index is 0.186. The van der Waals surface area contributed by atoms with Crippen LogP contribution in [0.15, 0.2) is 22.3 Å². The van der Waals surface area contributed by atoms with Crippen LogP contribution in [0.4, 0.5) is 5.13 Å². The zero-order valence-electron chi connectivity index (χ0n) is 13.1. The van der Waals surface area contributed by atoms with Crippen LogP contribution >= 0.6 is 11.3 Å². The Balaban J connectivity index is 1.64. The average molecular weight is 332 g/mol. The average Bonchev–Trinajstić information content (AvgIpc) is 3.23. The smallest absolute Gasteiger partial charge is 0.253 e. The van der Waals surface area contributed by atoms with E-state index in [1.54, 1.807) is 17.4 Å². The predicted molar refractivity (Wildman–Crippen MR) is 91.2 cm³/mol. The van der Waals surface area contributed by atoms with Gasteiger partial charge in [0.15, 0.2) is 5.13 Å². The van der Waals surface area contributed by atoms with E-state index in [-0.39, 0.29) is 11.5 Å². The van der Waals surface area contributed by atoms with Crippen molar-refractivity contribution in [2.75, 3.05) is 18.0 Å². The minimum atomic E-state index is -0.187. The van der Waals surface area contributed by atoms with Crippen LogP contribution in [0.2, 0.25) is 0 Å². The molecule has 0 radical (unpaired) electrons. The molecule has 1 amide bonds. The van der Waals surface area contributed by atoms with Crippen LogP contribution in [0.5, 0.6) is 0 Å². The van der Waals surface area contributed by atoms with E-state index in [9.17, 15) is 9.59 Å². The van der Waals surface area contributed by atoms with Crippen molar-refractivity contribution in [3.8, 4) is 0 Å². The summed E-state index contributed by atoms with van der Waals surface area (Å²) in [5.41, 5.74) is 1.86. The first kappa shape index (κ1) is 15.7. The van der Waals surface area contributed by atoms with Crippen molar-refractivity contribution >= 4 is 22.4 Å². The number of hydrogen-bond donors (Lipinski definition) is 2. The van der Waals surface area contributed by atoms with Gasteiger partial charge in [-0.1, -0.05) is 6.92 Å². The Labute approximate surface area is 138 Å². The lowest BCUT2D eigenvalue weighted by Crippen LogP contribution is -2.26. The number of hydrogen-bond acceptors (Lipinski definition) is 5. The molecule has 0 aliphatic carbocycles. The largest absolute Gasteiger partial charge is 0.348 e. The standard InChI is InChI=1S/C16H20N4O2S/c1-2-13-12(5-6-14(21)19-13)15(22)17-9-11-10-23-16(18-11)20-7-3-4-8-20/h5-6,10H,2-4,7-9H2,1H3,(H,17,22)(H,19,21). The Morgan fingerprint density at radius 1 is 1.39 bits per heavy atom. The van der Waals surface area contributed by atoms with Crippen LogP contribution in [0.3, 0.4) is 0 Å². The number of aromatic amines is 1. The molecule has 1 saturated heterocycles. The van der Waals surface area contributed by atoms with Gasteiger partial charge in [-0.05, 0) is 25.3 Å². The van der Waals surface area contributed by atoms with E-state index in [4.69, 9.17) is 0 Å². The summed E-state index contributed by atoms with van der Waals surface area (Å²) in [6, 6.07) is 2.95. The number of pyridine rings is 1. The summed E-state index contributed by atoms with van der Waals surface area (Å²) in [6.45, 7) is 4.43. The van der Waals surface area contributed by atoms with Crippen molar-refractivity contribution in [3.05, 3.63) is 44.8 Å². The maximum Gasteiger partial charge on any atom is 0.253 e. The topological polar surface area (TPSA) is 78.1 Å². The number of nitrogens with zero attached hydrogens (tertiary/aromatic N) is 2.